The van der Waals surface area contributed by atoms with Gasteiger partial charge in [-0.2, -0.15) is 26.3 Å². The highest BCUT2D eigenvalue weighted by Crippen LogP contribution is 2.36. The predicted molar refractivity (Wildman–Crippen MR) is 67.9 cm³/mol. The Morgan fingerprint density at radius 3 is 1.62 bits per heavy atom. The number of nitrogens with one attached hydrogen (secondary N) is 1. The van der Waals surface area contributed by atoms with Crippen molar-refractivity contribution in [3.63, 3.8) is 0 Å². The Kier molecular flexibility index (Phi) is 6.82. The quantitative estimate of drug-likeness (QED) is 0.570. The largest absolute Gasteiger partial charge is 0.480 e. The van der Waals surface area contributed by atoms with Crippen LogP contribution in [0.1, 0.15) is 18.8 Å². The van der Waals surface area contributed by atoms with Crippen LogP contribution in [0.5, 0.6) is 0 Å². The van der Waals surface area contributed by atoms with Crippen LogP contribution in [0, 0.1) is 0 Å². The van der Waals surface area contributed by atoms with Gasteiger partial charge >= 0.3 is 11.0 Å². The smallest absolute Gasteiger partial charge is 0.421 e. The molecule has 0 amide bonds. The van der Waals surface area contributed by atoms with E-state index in [0.29, 0.717) is 0 Å². The molecule has 1 heterocycles. The van der Waals surface area contributed by atoms with Gasteiger partial charge in [-0.25, -0.2) is 26.4 Å². The Bertz CT molecular complexity index is 708. The fourth-order valence-electron chi connectivity index (χ4n) is 1.08. The number of imidazole rings is 1. The molecule has 0 fully saturated rings. The zero-order valence-electron chi connectivity index (χ0n) is 11.9. The number of nitrogens with zero attached hydrogens (tertiary/aromatic N) is 2. The van der Waals surface area contributed by atoms with E-state index in [2.05, 4.69) is 4.98 Å². The van der Waals surface area contributed by atoms with Gasteiger partial charge in [0.2, 0.25) is 0 Å². The van der Waals surface area contributed by atoms with Crippen LogP contribution in [0.3, 0.4) is 0 Å². The molecule has 0 aliphatic carbocycles. The average molecular weight is 406 g/mol. The van der Waals surface area contributed by atoms with Crippen molar-refractivity contribution in [3.05, 3.63) is 22.3 Å². The fourth-order valence-corrected chi connectivity index (χ4v) is 2.79. The number of hydrogen-bond acceptors (Lipinski definition) is 5. The van der Waals surface area contributed by atoms with Crippen molar-refractivity contribution in [2.24, 2.45) is 12.8 Å². The zero-order chi connectivity index (χ0) is 19.6. The minimum Gasteiger partial charge on any atom is -0.421 e. The van der Waals surface area contributed by atoms with E-state index < -0.39 is 31.1 Å². The maximum atomic E-state index is 11.4. The molecule has 1 aromatic heterocycles. The summed E-state index contributed by atoms with van der Waals surface area (Å²) in [6.07, 6.45) is 3.82. The molecule has 0 aliphatic heterocycles. The summed E-state index contributed by atoms with van der Waals surface area (Å²) in [5, 5.41) is 0. The third-order valence-electron chi connectivity index (χ3n) is 2.12. The Hall–Kier alpha value is -1.39. The lowest BCUT2D eigenvalue weighted by Gasteiger charge is -2.22. The van der Waals surface area contributed by atoms with Gasteiger partial charge in [-0.3, -0.25) is 0 Å². The molecule has 0 saturated carbocycles. The minimum atomic E-state index is -6.72. The second-order valence-corrected chi connectivity index (χ2v) is 7.58. The summed E-state index contributed by atoms with van der Waals surface area (Å²) < 4.78 is 111. The first-order chi connectivity index (χ1) is 10.4. The van der Waals surface area contributed by atoms with Gasteiger partial charge in [0.05, 0.1) is 7.05 Å². The molecule has 1 aromatic rings. The molecular formula is C8H12F6N4O4S2. The number of aryl methyl sites for hydroxylation is 1. The number of sulfonamides is 2. The summed E-state index contributed by atoms with van der Waals surface area (Å²) >= 11 is 0. The lowest BCUT2D eigenvalue weighted by atomic mass is 10.3. The Labute approximate surface area is 132 Å². The van der Waals surface area contributed by atoms with Crippen LogP contribution in [0.15, 0.2) is 12.4 Å². The van der Waals surface area contributed by atoms with E-state index in [-0.39, 0.29) is 6.04 Å². The number of halogens is 6. The number of H-pyrrole nitrogens is 1. The van der Waals surface area contributed by atoms with Gasteiger partial charge in [0.1, 0.15) is 18.4 Å². The first kappa shape index (κ1) is 22.6. The summed E-state index contributed by atoms with van der Waals surface area (Å²) in [6, 6.07) is 0.0880. The fraction of sp³-hybridized carbons (Fsp3) is 0.625. The van der Waals surface area contributed by atoms with Crippen molar-refractivity contribution in [3.8, 4) is 0 Å². The summed E-state index contributed by atoms with van der Waals surface area (Å²) in [7, 11) is -11.5. The number of aromatic amines is 1. The number of alkyl halides is 6. The lowest BCUT2D eigenvalue weighted by Crippen LogP contribution is -2.33. The van der Waals surface area contributed by atoms with Crippen molar-refractivity contribution >= 4 is 20.0 Å². The molecule has 1 unspecified atom stereocenters. The van der Waals surface area contributed by atoms with E-state index in [9.17, 15) is 43.2 Å². The highest BCUT2D eigenvalue weighted by molar-refractivity contribution is 8.13. The maximum absolute atomic E-state index is 11.4. The number of nitrogens with two attached hydrogens (primary N) is 1. The molecule has 0 aliphatic rings. The molecule has 24 heavy (non-hydrogen) atoms. The molecule has 1 rings (SSSR count). The van der Waals surface area contributed by atoms with Gasteiger partial charge in [-0.15, -0.1) is 0 Å². The van der Waals surface area contributed by atoms with Gasteiger partial charge in [0.15, 0.2) is 20.0 Å². The third kappa shape index (κ3) is 5.91. The molecule has 0 aromatic carbocycles. The topological polar surface area (TPSA) is 128 Å². The van der Waals surface area contributed by atoms with Crippen LogP contribution < -0.4 is 10.3 Å². The summed E-state index contributed by atoms with van der Waals surface area (Å²) in [5.41, 5.74) is -6.80. The van der Waals surface area contributed by atoms with Gasteiger partial charge < -0.3 is 9.86 Å². The summed E-state index contributed by atoms with van der Waals surface area (Å²) in [6.45, 7) is 1.95. The van der Waals surface area contributed by atoms with Crippen LogP contribution in [-0.2, 0) is 27.1 Å². The molecule has 0 spiro atoms. The average Bonchev–Trinajstić information content (AvgIpc) is 2.71. The van der Waals surface area contributed by atoms with Crippen molar-refractivity contribution in [1.29, 1.82) is 0 Å². The number of aromatic nitrogens is 2. The van der Waals surface area contributed by atoms with Crippen molar-refractivity contribution in [2.45, 2.75) is 24.0 Å². The molecule has 16 heteroatoms. The Morgan fingerprint density at radius 2 is 1.46 bits per heavy atom. The lowest BCUT2D eigenvalue weighted by molar-refractivity contribution is -0.679. The monoisotopic (exact) mass is 406 g/mol. The molecule has 0 radical (unpaired) electrons. The molecule has 3 N–H and O–H groups in total. The predicted octanol–water partition coefficient (Wildman–Crippen LogP) is 0.918. The van der Waals surface area contributed by atoms with Crippen molar-refractivity contribution in [1.82, 2.24) is 4.98 Å². The minimum absolute atomic E-state index is 0.0880. The van der Waals surface area contributed by atoms with Gasteiger partial charge in [-0.1, -0.05) is 0 Å². The molecule has 1 atom stereocenters. The Morgan fingerprint density at radius 1 is 1.08 bits per heavy atom. The molecule has 0 bridgehead atoms. The second-order valence-electron chi connectivity index (χ2n) is 4.16. The summed E-state index contributed by atoms with van der Waals surface area (Å²) in [5.74, 6) is 1.05. The van der Waals surface area contributed by atoms with Crippen LogP contribution in [0.25, 0.3) is 4.13 Å². The van der Waals surface area contributed by atoms with E-state index in [1.165, 1.54) is 0 Å². The summed E-state index contributed by atoms with van der Waals surface area (Å²) in [4.78, 5) is 3.04. The number of hydrogen-bond donors (Lipinski definition) is 2. The maximum Gasteiger partial charge on any atom is 0.480 e. The Balaban J connectivity index is 0.000000496. The van der Waals surface area contributed by atoms with E-state index in [1.54, 1.807) is 0 Å². The van der Waals surface area contributed by atoms with Crippen molar-refractivity contribution in [2.75, 3.05) is 0 Å². The molecule has 142 valence electrons. The van der Waals surface area contributed by atoms with E-state index >= 15 is 0 Å². The van der Waals surface area contributed by atoms with Gasteiger partial charge in [-0.05, 0) is 6.92 Å². The SMILES string of the molecule is CC(N)c1[nH]cc[n+]1C.O=S(=O)([N-]S(=O)(=O)C(F)(F)F)C(F)(F)F. The second kappa shape index (κ2) is 7.24. The molecular weight excluding hydrogens is 394 g/mol. The van der Waals surface area contributed by atoms with E-state index in [4.69, 9.17) is 5.73 Å². The van der Waals surface area contributed by atoms with Crippen LogP contribution in [0.4, 0.5) is 26.3 Å². The van der Waals surface area contributed by atoms with Gasteiger partial charge in [0.25, 0.3) is 5.82 Å². The first-order valence-electron chi connectivity index (χ1n) is 5.57. The number of rotatable bonds is 3. The first-order valence-corrected chi connectivity index (χ1v) is 8.45. The van der Waals surface area contributed by atoms with E-state index in [0.717, 1.165) is 9.95 Å². The van der Waals surface area contributed by atoms with Crippen LogP contribution >= 0.6 is 0 Å². The highest BCUT2D eigenvalue weighted by Gasteiger charge is 2.46. The molecule has 8 nitrogen and oxygen atoms in total. The van der Waals surface area contributed by atoms with E-state index in [1.807, 2.05) is 30.9 Å². The molecule has 0 saturated heterocycles. The highest BCUT2D eigenvalue weighted by atomic mass is 32.3. The van der Waals surface area contributed by atoms with Crippen molar-refractivity contribution < 1.29 is 47.7 Å². The van der Waals surface area contributed by atoms with Crippen LogP contribution in [0.2, 0.25) is 0 Å². The van der Waals surface area contributed by atoms with Crippen LogP contribution in [-0.4, -0.2) is 32.8 Å². The van der Waals surface area contributed by atoms with Gasteiger partial charge in [0, 0.05) is 0 Å². The third-order valence-corrected chi connectivity index (χ3v) is 4.86. The standard InChI is InChI=1S/C6H11N3.C2F6NO4S2/c1-5(7)6-8-3-4-9(6)2;3-1(4,5)14(10,11)9-15(12,13)2(6,7)8/h3-5H,7H2,1-2H3;/q;-1/p+1. The zero-order valence-corrected chi connectivity index (χ0v) is 13.6. The normalized spacial score (nSPS) is 14.7.